The van der Waals surface area contributed by atoms with Gasteiger partial charge < -0.3 is 0 Å². The monoisotopic (exact) mass is 187 g/mol. The van der Waals surface area contributed by atoms with Gasteiger partial charge in [-0.25, -0.2) is 5.01 Å². The molecular formula is C11H11N2O. The van der Waals surface area contributed by atoms with Crippen LogP contribution in [0.5, 0.6) is 0 Å². The SMILES string of the molecule is O=C1CC[C]=NN1Cc1ccccc1. The smallest absolute Gasteiger partial charge is 0.243 e. The van der Waals surface area contributed by atoms with Crippen LogP contribution < -0.4 is 0 Å². The molecule has 0 fully saturated rings. The van der Waals surface area contributed by atoms with Crippen LogP contribution in [0.1, 0.15) is 18.4 Å². The first-order chi connectivity index (χ1) is 6.86. The molecule has 0 spiro atoms. The van der Waals surface area contributed by atoms with Crippen LogP contribution in [0, 0.1) is 0 Å². The molecule has 71 valence electrons. The molecular weight excluding hydrogens is 176 g/mol. The summed E-state index contributed by atoms with van der Waals surface area (Å²) in [4.78, 5) is 11.4. The number of hydrogen-bond acceptors (Lipinski definition) is 2. The molecule has 0 atom stereocenters. The van der Waals surface area contributed by atoms with Crippen molar-refractivity contribution < 1.29 is 4.79 Å². The van der Waals surface area contributed by atoms with Crippen LogP contribution in [0.25, 0.3) is 0 Å². The fourth-order valence-electron chi connectivity index (χ4n) is 1.36. The summed E-state index contributed by atoms with van der Waals surface area (Å²) in [7, 11) is 0. The molecule has 0 unspecified atom stereocenters. The quantitative estimate of drug-likeness (QED) is 0.693. The van der Waals surface area contributed by atoms with E-state index in [0.717, 1.165) is 5.56 Å². The van der Waals surface area contributed by atoms with Gasteiger partial charge in [0.05, 0.1) is 12.8 Å². The predicted octanol–water partition coefficient (Wildman–Crippen LogP) is 1.67. The lowest BCUT2D eigenvalue weighted by molar-refractivity contribution is -0.132. The lowest BCUT2D eigenvalue weighted by Gasteiger charge is -2.19. The Balaban J connectivity index is 2.07. The average Bonchev–Trinajstić information content (AvgIpc) is 2.23. The minimum absolute atomic E-state index is 0.0765. The van der Waals surface area contributed by atoms with Crippen LogP contribution in [0.15, 0.2) is 35.4 Å². The van der Waals surface area contributed by atoms with Crippen molar-refractivity contribution in [1.29, 1.82) is 0 Å². The summed E-state index contributed by atoms with van der Waals surface area (Å²) in [5.74, 6) is 0.0765. The highest BCUT2D eigenvalue weighted by Crippen LogP contribution is 2.09. The Morgan fingerprint density at radius 2 is 2.14 bits per heavy atom. The summed E-state index contributed by atoms with van der Waals surface area (Å²) >= 11 is 0. The standard InChI is InChI=1S/C11H11N2O/c14-11-7-4-8-12-13(11)9-10-5-2-1-3-6-10/h1-3,5-6H,4,7,9H2. The van der Waals surface area contributed by atoms with Gasteiger partial charge in [-0.15, -0.1) is 0 Å². The summed E-state index contributed by atoms with van der Waals surface area (Å²) in [6.07, 6.45) is 3.98. The van der Waals surface area contributed by atoms with Crippen molar-refractivity contribution in [3.8, 4) is 0 Å². The Kier molecular flexibility index (Phi) is 2.58. The zero-order valence-electron chi connectivity index (χ0n) is 7.81. The van der Waals surface area contributed by atoms with Gasteiger partial charge in [0.2, 0.25) is 5.91 Å². The van der Waals surface area contributed by atoms with Crippen LogP contribution in [-0.4, -0.2) is 17.1 Å². The van der Waals surface area contributed by atoms with E-state index in [0.29, 0.717) is 19.4 Å². The third-order valence-corrected chi connectivity index (χ3v) is 2.11. The molecule has 0 aromatic heterocycles. The van der Waals surface area contributed by atoms with Crippen molar-refractivity contribution in [2.45, 2.75) is 19.4 Å². The van der Waals surface area contributed by atoms with E-state index in [1.807, 2.05) is 30.3 Å². The molecule has 0 saturated carbocycles. The van der Waals surface area contributed by atoms with Crippen molar-refractivity contribution in [3.63, 3.8) is 0 Å². The van der Waals surface area contributed by atoms with Gasteiger partial charge in [0, 0.05) is 12.8 Å². The minimum atomic E-state index is 0.0765. The molecule has 1 amide bonds. The molecule has 0 bridgehead atoms. The Morgan fingerprint density at radius 3 is 2.86 bits per heavy atom. The van der Waals surface area contributed by atoms with E-state index in [1.165, 1.54) is 5.01 Å². The maximum Gasteiger partial charge on any atom is 0.243 e. The second-order valence-corrected chi connectivity index (χ2v) is 3.20. The number of rotatable bonds is 2. The molecule has 1 aromatic rings. The first-order valence-electron chi connectivity index (χ1n) is 4.64. The van der Waals surface area contributed by atoms with Crippen molar-refractivity contribution in [2.24, 2.45) is 5.10 Å². The largest absolute Gasteiger partial charge is 0.273 e. The van der Waals surface area contributed by atoms with Crippen molar-refractivity contribution in [2.75, 3.05) is 0 Å². The first-order valence-corrected chi connectivity index (χ1v) is 4.64. The van der Waals surface area contributed by atoms with E-state index in [1.54, 1.807) is 0 Å². The number of hydrogen-bond donors (Lipinski definition) is 0. The molecule has 1 aliphatic heterocycles. The Morgan fingerprint density at radius 1 is 1.36 bits per heavy atom. The number of nitrogens with zero attached hydrogens (tertiary/aromatic N) is 2. The van der Waals surface area contributed by atoms with Crippen LogP contribution >= 0.6 is 0 Å². The second-order valence-electron chi connectivity index (χ2n) is 3.20. The molecule has 0 aliphatic carbocycles. The van der Waals surface area contributed by atoms with Crippen molar-refractivity contribution in [3.05, 3.63) is 35.9 Å². The summed E-state index contributed by atoms with van der Waals surface area (Å²) < 4.78 is 0. The van der Waals surface area contributed by atoms with Gasteiger partial charge in [0.25, 0.3) is 0 Å². The lowest BCUT2D eigenvalue weighted by Crippen LogP contribution is -2.28. The van der Waals surface area contributed by atoms with Gasteiger partial charge >= 0.3 is 0 Å². The summed E-state index contributed by atoms with van der Waals surface area (Å²) in [5.41, 5.74) is 1.09. The highest BCUT2D eigenvalue weighted by atomic mass is 16.2. The maximum absolute atomic E-state index is 11.4. The molecule has 1 aromatic carbocycles. The third-order valence-electron chi connectivity index (χ3n) is 2.11. The van der Waals surface area contributed by atoms with Gasteiger partial charge in [-0.2, -0.15) is 5.10 Å². The first kappa shape index (κ1) is 8.94. The van der Waals surface area contributed by atoms with Crippen molar-refractivity contribution >= 4 is 12.1 Å². The van der Waals surface area contributed by atoms with Crippen LogP contribution in [0.2, 0.25) is 0 Å². The lowest BCUT2D eigenvalue weighted by atomic mass is 10.2. The normalized spacial score (nSPS) is 16.0. The van der Waals surface area contributed by atoms with Gasteiger partial charge in [0.15, 0.2) is 0 Å². The van der Waals surface area contributed by atoms with E-state index in [-0.39, 0.29) is 5.91 Å². The van der Waals surface area contributed by atoms with E-state index in [2.05, 4.69) is 11.3 Å². The highest BCUT2D eigenvalue weighted by Gasteiger charge is 2.15. The molecule has 3 nitrogen and oxygen atoms in total. The number of carbonyl (C=O) groups excluding carboxylic acids is 1. The van der Waals surface area contributed by atoms with Crippen LogP contribution in [-0.2, 0) is 11.3 Å². The third kappa shape index (κ3) is 1.99. The fraction of sp³-hybridized carbons (Fsp3) is 0.273. The minimum Gasteiger partial charge on any atom is -0.273 e. The zero-order valence-corrected chi connectivity index (χ0v) is 7.81. The Labute approximate surface area is 83.0 Å². The molecule has 0 saturated heterocycles. The van der Waals surface area contributed by atoms with E-state index in [4.69, 9.17) is 0 Å². The molecule has 1 aliphatic rings. The average molecular weight is 187 g/mol. The zero-order chi connectivity index (χ0) is 9.80. The maximum atomic E-state index is 11.4. The summed E-state index contributed by atoms with van der Waals surface area (Å²) in [6.45, 7) is 0.548. The number of benzene rings is 1. The van der Waals surface area contributed by atoms with E-state index in [9.17, 15) is 4.79 Å². The number of hydrazone groups is 1. The fourth-order valence-corrected chi connectivity index (χ4v) is 1.36. The van der Waals surface area contributed by atoms with Gasteiger partial charge in [-0.05, 0) is 5.56 Å². The summed E-state index contributed by atoms with van der Waals surface area (Å²) in [5, 5.41) is 5.41. The van der Waals surface area contributed by atoms with Gasteiger partial charge in [0.1, 0.15) is 0 Å². The van der Waals surface area contributed by atoms with Crippen LogP contribution in [0.3, 0.4) is 0 Å². The number of amides is 1. The molecule has 0 N–H and O–H groups in total. The topological polar surface area (TPSA) is 32.7 Å². The van der Waals surface area contributed by atoms with Crippen LogP contribution in [0.4, 0.5) is 0 Å². The Hall–Kier alpha value is -1.64. The predicted molar refractivity (Wildman–Crippen MR) is 53.7 cm³/mol. The summed E-state index contributed by atoms with van der Waals surface area (Å²) in [6, 6.07) is 9.83. The van der Waals surface area contributed by atoms with Gasteiger partial charge in [-0.1, -0.05) is 30.3 Å². The molecule has 14 heavy (non-hydrogen) atoms. The molecule has 1 heterocycles. The van der Waals surface area contributed by atoms with E-state index < -0.39 is 0 Å². The van der Waals surface area contributed by atoms with Gasteiger partial charge in [-0.3, -0.25) is 4.79 Å². The van der Waals surface area contributed by atoms with E-state index >= 15 is 0 Å². The Bertz CT molecular complexity index is 346. The molecule has 3 heteroatoms. The second kappa shape index (κ2) is 4.05. The highest BCUT2D eigenvalue weighted by molar-refractivity contribution is 5.82. The molecule has 1 radical (unpaired) electrons. The van der Waals surface area contributed by atoms with Crippen molar-refractivity contribution in [1.82, 2.24) is 5.01 Å². The number of carbonyl (C=O) groups is 1. The molecule has 2 rings (SSSR count).